The third-order valence-electron chi connectivity index (χ3n) is 2.66. The number of imidazole rings is 1. The summed E-state index contributed by atoms with van der Waals surface area (Å²) < 4.78 is 20.7. The average molecular weight is 284 g/mol. The molecule has 0 bridgehead atoms. The molecule has 0 radical (unpaired) electrons. The van der Waals surface area contributed by atoms with E-state index in [0.29, 0.717) is 18.2 Å². The van der Waals surface area contributed by atoms with Crippen LogP contribution in [0.15, 0.2) is 30.6 Å². The lowest BCUT2D eigenvalue weighted by Gasteiger charge is -2.10. The van der Waals surface area contributed by atoms with Crippen molar-refractivity contribution in [3.8, 4) is 0 Å². The van der Waals surface area contributed by atoms with Crippen molar-refractivity contribution in [1.82, 2.24) is 9.55 Å². The van der Waals surface area contributed by atoms with Gasteiger partial charge in [-0.15, -0.1) is 0 Å². The molecule has 0 saturated heterocycles. The van der Waals surface area contributed by atoms with Gasteiger partial charge in [0.15, 0.2) is 5.82 Å². The first-order chi connectivity index (χ1) is 9.22. The number of hydrogen-bond acceptors (Lipinski definition) is 3. The van der Waals surface area contributed by atoms with E-state index in [1.807, 2.05) is 10.8 Å². The number of rotatable bonds is 6. The summed E-state index contributed by atoms with van der Waals surface area (Å²) in [6.07, 6.45) is 4.36. The highest BCUT2D eigenvalue weighted by molar-refractivity contribution is 6.31. The van der Waals surface area contributed by atoms with E-state index in [9.17, 15) is 4.39 Å². The van der Waals surface area contributed by atoms with E-state index in [2.05, 4.69) is 10.3 Å². The molecule has 0 aliphatic rings. The van der Waals surface area contributed by atoms with E-state index in [-0.39, 0.29) is 5.02 Å². The van der Waals surface area contributed by atoms with E-state index < -0.39 is 5.82 Å². The van der Waals surface area contributed by atoms with Crippen LogP contribution in [0.3, 0.4) is 0 Å². The molecule has 4 nitrogen and oxygen atoms in total. The number of nitrogens with one attached hydrogen (secondary N) is 1. The topological polar surface area (TPSA) is 39.1 Å². The second-order valence-corrected chi connectivity index (χ2v) is 4.42. The number of ether oxygens (including phenoxy) is 1. The molecule has 0 fully saturated rings. The normalized spacial score (nSPS) is 10.7. The van der Waals surface area contributed by atoms with Crippen LogP contribution in [-0.4, -0.2) is 23.3 Å². The molecule has 0 saturated carbocycles. The quantitative estimate of drug-likeness (QED) is 0.825. The van der Waals surface area contributed by atoms with Crippen molar-refractivity contribution >= 4 is 23.2 Å². The zero-order valence-corrected chi connectivity index (χ0v) is 11.3. The smallest absolute Gasteiger partial charge is 0.207 e. The number of aryl methyl sites for hydroxylation is 1. The van der Waals surface area contributed by atoms with Crippen LogP contribution in [0.25, 0.3) is 0 Å². The highest BCUT2D eigenvalue weighted by Gasteiger charge is 2.09. The van der Waals surface area contributed by atoms with E-state index >= 15 is 0 Å². The summed E-state index contributed by atoms with van der Waals surface area (Å²) in [5.41, 5.74) is 0.312. The number of benzene rings is 1. The second kappa shape index (κ2) is 6.54. The molecule has 2 aromatic rings. The Morgan fingerprint density at radius 3 is 3.11 bits per heavy atom. The number of hydrogen-bond donors (Lipinski definition) is 1. The maximum absolute atomic E-state index is 13.8. The summed E-state index contributed by atoms with van der Waals surface area (Å²) in [4.78, 5) is 4.16. The van der Waals surface area contributed by atoms with E-state index in [1.165, 1.54) is 6.07 Å². The summed E-state index contributed by atoms with van der Waals surface area (Å²) in [7, 11) is 1.66. The molecule has 1 aromatic carbocycles. The van der Waals surface area contributed by atoms with Crippen molar-refractivity contribution in [3.63, 3.8) is 0 Å². The number of halogens is 2. The van der Waals surface area contributed by atoms with Gasteiger partial charge in [0.25, 0.3) is 0 Å². The molecular weight excluding hydrogens is 269 g/mol. The van der Waals surface area contributed by atoms with Crippen molar-refractivity contribution in [1.29, 1.82) is 0 Å². The maximum Gasteiger partial charge on any atom is 0.207 e. The Bertz CT molecular complexity index is 544. The molecule has 0 aliphatic heterocycles. The number of methoxy groups -OCH3 is 1. The first-order valence-electron chi connectivity index (χ1n) is 5.93. The van der Waals surface area contributed by atoms with Gasteiger partial charge in [0.05, 0.1) is 10.7 Å². The molecule has 0 spiro atoms. The summed E-state index contributed by atoms with van der Waals surface area (Å²) >= 11 is 5.74. The fourth-order valence-corrected chi connectivity index (χ4v) is 1.89. The Morgan fingerprint density at radius 1 is 1.47 bits per heavy atom. The maximum atomic E-state index is 13.8. The van der Waals surface area contributed by atoms with Gasteiger partial charge in [-0.1, -0.05) is 17.7 Å². The molecule has 1 aromatic heterocycles. The van der Waals surface area contributed by atoms with Crippen molar-refractivity contribution in [2.24, 2.45) is 0 Å². The van der Waals surface area contributed by atoms with Gasteiger partial charge in [-0.05, 0) is 18.6 Å². The highest BCUT2D eigenvalue weighted by Crippen LogP contribution is 2.24. The Kier molecular flexibility index (Phi) is 4.76. The predicted molar refractivity (Wildman–Crippen MR) is 73.4 cm³/mol. The molecule has 0 aliphatic carbocycles. The van der Waals surface area contributed by atoms with Crippen molar-refractivity contribution in [2.75, 3.05) is 19.0 Å². The zero-order chi connectivity index (χ0) is 13.7. The van der Waals surface area contributed by atoms with Crippen LogP contribution in [0.4, 0.5) is 16.0 Å². The second-order valence-electron chi connectivity index (χ2n) is 4.02. The van der Waals surface area contributed by atoms with Crippen molar-refractivity contribution in [3.05, 3.63) is 41.4 Å². The molecule has 2 rings (SSSR count). The van der Waals surface area contributed by atoms with Crippen LogP contribution in [-0.2, 0) is 11.3 Å². The lowest BCUT2D eigenvalue weighted by atomic mass is 10.3. The summed E-state index contributed by atoms with van der Waals surface area (Å²) in [5, 5.41) is 3.03. The molecule has 102 valence electrons. The first-order valence-corrected chi connectivity index (χ1v) is 6.31. The van der Waals surface area contributed by atoms with Crippen LogP contribution in [0.2, 0.25) is 5.02 Å². The lowest BCUT2D eigenvalue weighted by molar-refractivity contribution is 0.190. The number of nitrogens with zero attached hydrogens (tertiary/aromatic N) is 2. The summed E-state index contributed by atoms with van der Waals surface area (Å²) in [5.74, 6) is 0.105. The Morgan fingerprint density at radius 2 is 2.32 bits per heavy atom. The minimum Gasteiger partial charge on any atom is -0.385 e. The summed E-state index contributed by atoms with van der Waals surface area (Å²) in [6.45, 7) is 1.42. The molecular formula is C13H15ClFN3O. The lowest BCUT2D eigenvalue weighted by Crippen LogP contribution is -2.06. The Balaban J connectivity index is 2.11. The predicted octanol–water partition coefficient (Wildman–Crippen LogP) is 3.46. The molecule has 19 heavy (non-hydrogen) atoms. The average Bonchev–Trinajstić information content (AvgIpc) is 2.83. The molecule has 0 atom stereocenters. The van der Waals surface area contributed by atoms with Gasteiger partial charge in [-0.25, -0.2) is 9.37 Å². The monoisotopic (exact) mass is 283 g/mol. The van der Waals surface area contributed by atoms with E-state index in [0.717, 1.165) is 13.0 Å². The largest absolute Gasteiger partial charge is 0.385 e. The van der Waals surface area contributed by atoms with Gasteiger partial charge >= 0.3 is 0 Å². The van der Waals surface area contributed by atoms with E-state index in [4.69, 9.17) is 16.3 Å². The molecule has 1 N–H and O–H groups in total. The first kappa shape index (κ1) is 13.8. The fraction of sp³-hybridized carbons (Fsp3) is 0.308. The highest BCUT2D eigenvalue weighted by atomic mass is 35.5. The molecule has 1 heterocycles. The Labute approximate surface area is 116 Å². The standard InChI is InChI=1S/C13H15ClFN3O/c1-19-9-3-7-18-8-6-16-13(18)17-11-5-2-4-10(14)12(11)15/h2,4-6,8H,3,7,9H2,1H3,(H,16,17). The van der Waals surface area contributed by atoms with Crippen molar-refractivity contribution < 1.29 is 9.13 Å². The molecule has 6 heteroatoms. The van der Waals surface area contributed by atoms with Gasteiger partial charge in [-0.2, -0.15) is 0 Å². The summed E-state index contributed by atoms with van der Waals surface area (Å²) in [6, 6.07) is 4.81. The van der Waals surface area contributed by atoms with Crippen LogP contribution >= 0.6 is 11.6 Å². The van der Waals surface area contributed by atoms with Crippen LogP contribution in [0.5, 0.6) is 0 Å². The third kappa shape index (κ3) is 3.45. The van der Waals surface area contributed by atoms with Crippen molar-refractivity contribution in [2.45, 2.75) is 13.0 Å². The van der Waals surface area contributed by atoms with Gasteiger partial charge < -0.3 is 14.6 Å². The van der Waals surface area contributed by atoms with Crippen LogP contribution in [0.1, 0.15) is 6.42 Å². The SMILES string of the molecule is COCCCn1ccnc1Nc1cccc(Cl)c1F. The third-order valence-corrected chi connectivity index (χ3v) is 2.95. The molecule has 0 amide bonds. The van der Waals surface area contributed by atoms with Gasteiger partial charge in [0, 0.05) is 32.7 Å². The minimum atomic E-state index is -0.476. The zero-order valence-electron chi connectivity index (χ0n) is 10.6. The van der Waals surface area contributed by atoms with Crippen LogP contribution in [0, 0.1) is 5.82 Å². The van der Waals surface area contributed by atoms with Gasteiger partial charge in [0.2, 0.25) is 5.95 Å². The van der Waals surface area contributed by atoms with Crippen LogP contribution < -0.4 is 5.32 Å². The molecule has 0 unspecified atom stereocenters. The minimum absolute atomic E-state index is 0.0856. The number of aromatic nitrogens is 2. The van der Waals surface area contributed by atoms with E-state index in [1.54, 1.807) is 25.4 Å². The Hall–Kier alpha value is -1.59. The van der Waals surface area contributed by atoms with Gasteiger partial charge in [0.1, 0.15) is 0 Å². The fourth-order valence-electron chi connectivity index (χ4n) is 1.71. The number of anilines is 2. The van der Waals surface area contributed by atoms with Gasteiger partial charge in [-0.3, -0.25) is 0 Å².